The van der Waals surface area contributed by atoms with Crippen LogP contribution in [0.15, 0.2) is 28.8 Å². The maximum absolute atomic E-state index is 4.06. The van der Waals surface area contributed by atoms with Gasteiger partial charge in [0.25, 0.3) is 0 Å². The van der Waals surface area contributed by atoms with Crippen LogP contribution >= 0.6 is 0 Å². The molecule has 0 unspecified atom stereocenters. The van der Waals surface area contributed by atoms with Crippen LogP contribution in [0.5, 0.6) is 0 Å². The van der Waals surface area contributed by atoms with Crippen LogP contribution in [-0.4, -0.2) is 6.72 Å². The molecule has 0 fully saturated rings. The number of nitrogens with zero attached hydrogens (tertiary/aromatic N) is 1. The molecule has 0 aliphatic carbocycles. The first-order valence-corrected chi connectivity index (χ1v) is 4.78. The number of benzene rings is 1. The Morgan fingerprint density at radius 1 is 1.14 bits per heavy atom. The lowest BCUT2D eigenvalue weighted by molar-refractivity contribution is 1.30. The summed E-state index contributed by atoms with van der Waals surface area (Å²) in [4.78, 5) is 4.06. The van der Waals surface area contributed by atoms with E-state index in [-0.39, 0.29) is 0 Å². The Balaban J connectivity index is 3.27. The third-order valence-electron chi connectivity index (χ3n) is 2.41. The van der Waals surface area contributed by atoms with Crippen LogP contribution in [0.4, 0.5) is 0 Å². The van der Waals surface area contributed by atoms with Gasteiger partial charge in [-0.1, -0.05) is 17.7 Å². The minimum atomic E-state index is 0.994. The number of allylic oxidation sites excluding steroid dienone is 1. The number of hydrogen-bond acceptors (Lipinski definition) is 1. The third kappa shape index (κ3) is 2.11. The van der Waals surface area contributed by atoms with Gasteiger partial charge in [-0.3, -0.25) is 4.99 Å². The van der Waals surface area contributed by atoms with Gasteiger partial charge in [0.05, 0.1) is 5.70 Å². The second-order valence-corrected chi connectivity index (χ2v) is 3.81. The van der Waals surface area contributed by atoms with Crippen molar-refractivity contribution in [1.82, 2.24) is 0 Å². The highest BCUT2D eigenvalue weighted by molar-refractivity contribution is 5.70. The zero-order valence-electron chi connectivity index (χ0n) is 9.39. The fraction of sp³-hybridized carbons (Fsp3) is 0.308. The average molecular weight is 187 g/mol. The Morgan fingerprint density at radius 2 is 1.79 bits per heavy atom. The molecule has 0 saturated heterocycles. The third-order valence-corrected chi connectivity index (χ3v) is 2.41. The Hall–Kier alpha value is -1.37. The first kappa shape index (κ1) is 10.7. The zero-order chi connectivity index (χ0) is 10.7. The van der Waals surface area contributed by atoms with Crippen molar-refractivity contribution in [2.24, 2.45) is 4.99 Å². The van der Waals surface area contributed by atoms with Crippen LogP contribution in [0.3, 0.4) is 0 Å². The van der Waals surface area contributed by atoms with Crippen LogP contribution < -0.4 is 0 Å². The molecule has 0 bridgehead atoms. The van der Waals surface area contributed by atoms with Crippen molar-refractivity contribution in [3.8, 4) is 0 Å². The Morgan fingerprint density at radius 3 is 2.21 bits per heavy atom. The molecule has 0 spiro atoms. The molecule has 74 valence electrons. The van der Waals surface area contributed by atoms with Crippen molar-refractivity contribution in [3.05, 3.63) is 40.5 Å². The van der Waals surface area contributed by atoms with Crippen molar-refractivity contribution in [2.45, 2.75) is 27.7 Å². The summed E-state index contributed by atoms with van der Waals surface area (Å²) in [5.41, 5.74) is 5.95. The van der Waals surface area contributed by atoms with Gasteiger partial charge in [-0.15, -0.1) is 0 Å². The lowest BCUT2D eigenvalue weighted by Crippen LogP contribution is -1.87. The van der Waals surface area contributed by atoms with Gasteiger partial charge < -0.3 is 0 Å². The summed E-state index contributed by atoms with van der Waals surface area (Å²) < 4.78 is 0. The molecule has 0 aromatic heterocycles. The van der Waals surface area contributed by atoms with Crippen LogP contribution in [-0.2, 0) is 0 Å². The zero-order valence-corrected chi connectivity index (χ0v) is 9.39. The summed E-state index contributed by atoms with van der Waals surface area (Å²) in [6.45, 7) is 11.9. The molecule has 1 rings (SSSR count). The van der Waals surface area contributed by atoms with E-state index in [2.05, 4.69) is 57.6 Å². The van der Waals surface area contributed by atoms with E-state index in [1.165, 1.54) is 16.7 Å². The normalized spacial score (nSPS) is 9.71. The molecule has 0 aliphatic rings. The van der Waals surface area contributed by atoms with Crippen LogP contribution in [0, 0.1) is 13.8 Å². The predicted molar refractivity (Wildman–Crippen MR) is 63.7 cm³/mol. The largest absolute Gasteiger partial charge is 0.264 e. The van der Waals surface area contributed by atoms with Crippen molar-refractivity contribution in [3.63, 3.8) is 0 Å². The second-order valence-electron chi connectivity index (χ2n) is 3.81. The molecular weight excluding hydrogens is 170 g/mol. The quantitative estimate of drug-likeness (QED) is 0.625. The van der Waals surface area contributed by atoms with E-state index in [1.807, 2.05) is 0 Å². The van der Waals surface area contributed by atoms with Crippen LogP contribution in [0.2, 0.25) is 0 Å². The maximum Gasteiger partial charge on any atom is 0.0681 e. The average Bonchev–Trinajstić information content (AvgIpc) is 2.11. The molecule has 1 nitrogen and oxygen atoms in total. The summed E-state index contributed by atoms with van der Waals surface area (Å²) in [5.74, 6) is 0. The van der Waals surface area contributed by atoms with Gasteiger partial charge in [0.2, 0.25) is 0 Å². The minimum absolute atomic E-state index is 0.994. The van der Waals surface area contributed by atoms with E-state index in [0.29, 0.717) is 0 Å². The molecule has 1 aromatic rings. The Labute approximate surface area is 86.2 Å². The van der Waals surface area contributed by atoms with E-state index in [1.54, 1.807) is 0 Å². The van der Waals surface area contributed by atoms with Crippen LogP contribution in [0.25, 0.3) is 5.70 Å². The van der Waals surface area contributed by atoms with Crippen molar-refractivity contribution >= 4 is 12.4 Å². The highest BCUT2D eigenvalue weighted by Gasteiger charge is 2.02. The van der Waals surface area contributed by atoms with Gasteiger partial charge in [0.15, 0.2) is 0 Å². The van der Waals surface area contributed by atoms with Gasteiger partial charge >= 0.3 is 0 Å². The molecule has 1 aromatic carbocycles. The summed E-state index contributed by atoms with van der Waals surface area (Å²) in [5, 5.41) is 0. The fourth-order valence-electron chi connectivity index (χ4n) is 1.43. The van der Waals surface area contributed by atoms with Gasteiger partial charge in [-0.2, -0.15) is 0 Å². The Bertz CT molecular complexity index is 382. The van der Waals surface area contributed by atoms with E-state index >= 15 is 0 Å². The van der Waals surface area contributed by atoms with E-state index in [4.69, 9.17) is 0 Å². The van der Waals surface area contributed by atoms with Gasteiger partial charge in [-0.25, -0.2) is 0 Å². The lowest BCUT2D eigenvalue weighted by atomic mass is 10.0. The van der Waals surface area contributed by atoms with E-state index < -0.39 is 0 Å². The molecule has 0 saturated carbocycles. The predicted octanol–water partition coefficient (Wildman–Crippen LogP) is 3.75. The number of aliphatic imine (C=N–C) groups is 1. The summed E-state index contributed by atoms with van der Waals surface area (Å²) in [6, 6.07) is 6.38. The van der Waals surface area contributed by atoms with Crippen molar-refractivity contribution in [2.75, 3.05) is 0 Å². The molecule has 0 N–H and O–H groups in total. The lowest BCUT2D eigenvalue weighted by Gasteiger charge is -2.07. The highest BCUT2D eigenvalue weighted by atomic mass is 14.7. The first-order valence-electron chi connectivity index (χ1n) is 4.78. The minimum Gasteiger partial charge on any atom is -0.264 e. The van der Waals surface area contributed by atoms with Crippen molar-refractivity contribution < 1.29 is 0 Å². The standard InChI is InChI=1S/C13H17N/c1-9(2)13(14-5)12-7-6-10(3)11(4)8-12/h6-8H,5H2,1-4H3. The number of aryl methyl sites for hydroxylation is 2. The highest BCUT2D eigenvalue weighted by Crippen LogP contribution is 2.21. The molecule has 14 heavy (non-hydrogen) atoms. The number of rotatable bonds is 2. The molecule has 0 amide bonds. The molecule has 0 atom stereocenters. The summed E-state index contributed by atoms with van der Waals surface area (Å²) in [6.07, 6.45) is 0. The topological polar surface area (TPSA) is 12.4 Å². The van der Waals surface area contributed by atoms with Gasteiger partial charge in [0, 0.05) is 5.56 Å². The SMILES string of the molecule is C=NC(=C(C)C)c1ccc(C)c(C)c1. The van der Waals surface area contributed by atoms with Gasteiger partial charge in [-0.05, 0) is 51.6 Å². The fourth-order valence-corrected chi connectivity index (χ4v) is 1.43. The molecule has 0 radical (unpaired) electrons. The van der Waals surface area contributed by atoms with Crippen LogP contribution in [0.1, 0.15) is 30.5 Å². The molecule has 0 aliphatic heterocycles. The summed E-state index contributed by atoms with van der Waals surface area (Å²) >= 11 is 0. The Kier molecular flexibility index (Phi) is 3.23. The number of hydrogen-bond donors (Lipinski definition) is 0. The first-order chi connectivity index (χ1) is 6.56. The van der Waals surface area contributed by atoms with E-state index in [0.717, 1.165) is 11.3 Å². The maximum atomic E-state index is 4.06. The molecule has 1 heteroatoms. The monoisotopic (exact) mass is 187 g/mol. The molecular formula is C13H17N. The van der Waals surface area contributed by atoms with Crippen molar-refractivity contribution in [1.29, 1.82) is 0 Å². The van der Waals surface area contributed by atoms with E-state index in [9.17, 15) is 0 Å². The summed E-state index contributed by atoms with van der Waals surface area (Å²) in [7, 11) is 0. The van der Waals surface area contributed by atoms with Gasteiger partial charge in [0.1, 0.15) is 0 Å². The second kappa shape index (κ2) is 4.23. The smallest absolute Gasteiger partial charge is 0.0681 e. The molecule has 0 heterocycles.